The van der Waals surface area contributed by atoms with Crippen LogP contribution >= 0.6 is 0 Å². The Kier molecular flexibility index (Phi) is 2.94. The number of nitriles is 1. The van der Waals surface area contributed by atoms with Crippen LogP contribution in [0, 0.1) is 11.3 Å². The van der Waals surface area contributed by atoms with E-state index in [2.05, 4.69) is 16.4 Å². The average molecular weight is 261 g/mol. The zero-order chi connectivity index (χ0) is 13.9. The minimum absolute atomic E-state index is 0.600. The monoisotopic (exact) mass is 261 g/mol. The van der Waals surface area contributed by atoms with Crippen LogP contribution in [0.3, 0.4) is 0 Å². The van der Waals surface area contributed by atoms with Crippen LogP contribution in [-0.2, 0) is 0 Å². The fraction of sp³-hybridized carbons (Fsp3) is 0. The van der Waals surface area contributed by atoms with Crippen LogP contribution in [0.15, 0.2) is 48.5 Å². The topological polar surface area (TPSA) is 68.7 Å². The van der Waals surface area contributed by atoms with Gasteiger partial charge in [-0.05, 0) is 30.3 Å². The number of fused-ring (bicyclic) bond motifs is 1. The van der Waals surface area contributed by atoms with Crippen LogP contribution in [0.5, 0.6) is 0 Å². The van der Waals surface area contributed by atoms with Crippen molar-refractivity contribution < 1.29 is 4.79 Å². The van der Waals surface area contributed by atoms with E-state index in [1.807, 2.05) is 24.3 Å². The SMILES string of the molecule is N#Cc1ccc(Nc2[nH]c3ccccc3c2C=O)cc1. The molecule has 0 bridgehead atoms. The van der Waals surface area contributed by atoms with Crippen molar-refractivity contribution in [1.29, 1.82) is 5.26 Å². The summed E-state index contributed by atoms with van der Waals surface area (Å²) >= 11 is 0. The molecule has 96 valence electrons. The molecule has 3 rings (SSSR count). The van der Waals surface area contributed by atoms with Gasteiger partial charge in [-0.1, -0.05) is 18.2 Å². The normalized spacial score (nSPS) is 10.2. The minimum atomic E-state index is 0.600. The first-order chi connectivity index (χ1) is 9.81. The predicted molar refractivity (Wildman–Crippen MR) is 78.1 cm³/mol. The summed E-state index contributed by atoms with van der Waals surface area (Å²) in [5.74, 6) is 0.658. The number of aromatic nitrogens is 1. The summed E-state index contributed by atoms with van der Waals surface area (Å²) in [6.45, 7) is 0. The van der Waals surface area contributed by atoms with Crippen molar-refractivity contribution in [2.75, 3.05) is 5.32 Å². The highest BCUT2D eigenvalue weighted by atomic mass is 16.1. The zero-order valence-corrected chi connectivity index (χ0v) is 10.6. The predicted octanol–water partition coefficient (Wildman–Crippen LogP) is 3.60. The van der Waals surface area contributed by atoms with Gasteiger partial charge in [0.05, 0.1) is 17.2 Å². The second-order valence-electron chi connectivity index (χ2n) is 4.39. The summed E-state index contributed by atoms with van der Waals surface area (Å²) < 4.78 is 0. The molecule has 4 heteroatoms. The number of nitrogens with zero attached hydrogens (tertiary/aromatic N) is 1. The summed E-state index contributed by atoms with van der Waals surface area (Å²) in [6.07, 6.45) is 0.838. The Hall–Kier alpha value is -3.06. The number of aldehydes is 1. The molecule has 2 aromatic carbocycles. The summed E-state index contributed by atoms with van der Waals surface area (Å²) in [6, 6.07) is 16.8. The van der Waals surface area contributed by atoms with Crippen LogP contribution in [-0.4, -0.2) is 11.3 Å². The number of anilines is 2. The average Bonchev–Trinajstić information content (AvgIpc) is 2.85. The lowest BCUT2D eigenvalue weighted by Gasteiger charge is -2.04. The van der Waals surface area contributed by atoms with Gasteiger partial charge in [0.25, 0.3) is 0 Å². The second-order valence-corrected chi connectivity index (χ2v) is 4.39. The first-order valence-corrected chi connectivity index (χ1v) is 6.15. The van der Waals surface area contributed by atoms with E-state index in [1.54, 1.807) is 24.3 Å². The number of aromatic amines is 1. The lowest BCUT2D eigenvalue weighted by molar-refractivity contribution is 0.112. The number of carbonyl (C=O) groups is 1. The molecule has 0 aliphatic rings. The molecule has 1 aromatic heterocycles. The Morgan fingerprint density at radius 2 is 1.85 bits per heavy atom. The Morgan fingerprint density at radius 1 is 1.10 bits per heavy atom. The van der Waals surface area contributed by atoms with Crippen molar-refractivity contribution >= 4 is 28.7 Å². The maximum atomic E-state index is 11.3. The molecule has 1 heterocycles. The summed E-state index contributed by atoms with van der Waals surface area (Å²) in [7, 11) is 0. The number of carbonyl (C=O) groups excluding carboxylic acids is 1. The standard InChI is InChI=1S/C16H11N3O/c17-9-11-5-7-12(8-6-11)18-16-14(10-20)13-3-1-2-4-15(13)19-16/h1-8,10,18-19H. The second kappa shape index (κ2) is 4.90. The van der Waals surface area contributed by atoms with Crippen LogP contribution < -0.4 is 5.32 Å². The molecule has 0 spiro atoms. The first-order valence-electron chi connectivity index (χ1n) is 6.15. The fourth-order valence-electron chi connectivity index (χ4n) is 2.16. The third-order valence-corrected chi connectivity index (χ3v) is 3.15. The van der Waals surface area contributed by atoms with Crippen LogP contribution in [0.4, 0.5) is 11.5 Å². The molecule has 0 saturated carbocycles. The Bertz CT molecular complexity index is 810. The van der Waals surface area contributed by atoms with Gasteiger partial charge in [-0.2, -0.15) is 5.26 Å². The highest BCUT2D eigenvalue weighted by Gasteiger charge is 2.10. The third kappa shape index (κ3) is 2.02. The van der Waals surface area contributed by atoms with Gasteiger partial charge in [0.1, 0.15) is 5.82 Å². The molecule has 3 aromatic rings. The smallest absolute Gasteiger partial charge is 0.154 e. The van der Waals surface area contributed by atoms with Gasteiger partial charge in [-0.15, -0.1) is 0 Å². The largest absolute Gasteiger partial charge is 0.341 e. The van der Waals surface area contributed by atoms with E-state index in [9.17, 15) is 4.79 Å². The highest BCUT2D eigenvalue weighted by Crippen LogP contribution is 2.27. The number of benzene rings is 2. The van der Waals surface area contributed by atoms with E-state index in [-0.39, 0.29) is 0 Å². The fourth-order valence-corrected chi connectivity index (χ4v) is 2.16. The summed E-state index contributed by atoms with van der Waals surface area (Å²) in [4.78, 5) is 14.5. The van der Waals surface area contributed by atoms with Gasteiger partial charge in [0, 0.05) is 16.6 Å². The molecule has 0 atom stereocenters. The highest BCUT2D eigenvalue weighted by molar-refractivity contribution is 6.03. The van der Waals surface area contributed by atoms with Crippen LogP contribution in [0.2, 0.25) is 0 Å². The molecule has 0 radical (unpaired) electrons. The molecular weight excluding hydrogens is 250 g/mol. The van der Waals surface area contributed by atoms with Crippen molar-refractivity contribution in [3.63, 3.8) is 0 Å². The van der Waals surface area contributed by atoms with Crippen molar-refractivity contribution in [3.05, 3.63) is 59.7 Å². The van der Waals surface area contributed by atoms with Crippen LogP contribution in [0.1, 0.15) is 15.9 Å². The van der Waals surface area contributed by atoms with Gasteiger partial charge in [-0.3, -0.25) is 4.79 Å². The van der Waals surface area contributed by atoms with E-state index < -0.39 is 0 Å². The van der Waals surface area contributed by atoms with Gasteiger partial charge in [0.15, 0.2) is 6.29 Å². The van der Waals surface area contributed by atoms with E-state index in [0.717, 1.165) is 22.9 Å². The van der Waals surface area contributed by atoms with E-state index in [0.29, 0.717) is 16.9 Å². The number of nitrogens with one attached hydrogen (secondary N) is 2. The number of hydrogen-bond acceptors (Lipinski definition) is 3. The van der Waals surface area contributed by atoms with E-state index in [4.69, 9.17) is 5.26 Å². The number of rotatable bonds is 3. The molecule has 0 saturated heterocycles. The number of hydrogen-bond donors (Lipinski definition) is 2. The quantitative estimate of drug-likeness (QED) is 0.708. The summed E-state index contributed by atoms with van der Waals surface area (Å²) in [5.41, 5.74) is 2.93. The van der Waals surface area contributed by atoms with Crippen molar-refractivity contribution in [2.45, 2.75) is 0 Å². The maximum Gasteiger partial charge on any atom is 0.154 e. The van der Waals surface area contributed by atoms with Crippen LogP contribution in [0.25, 0.3) is 10.9 Å². The minimum Gasteiger partial charge on any atom is -0.341 e. The Balaban J connectivity index is 2.01. The van der Waals surface area contributed by atoms with Gasteiger partial charge in [-0.25, -0.2) is 0 Å². The third-order valence-electron chi connectivity index (χ3n) is 3.15. The lowest BCUT2D eigenvalue weighted by atomic mass is 10.2. The molecule has 0 aliphatic heterocycles. The lowest BCUT2D eigenvalue weighted by Crippen LogP contribution is -1.93. The Labute approximate surface area is 115 Å². The van der Waals surface area contributed by atoms with Gasteiger partial charge < -0.3 is 10.3 Å². The molecule has 0 aliphatic carbocycles. The van der Waals surface area contributed by atoms with Crippen molar-refractivity contribution in [1.82, 2.24) is 4.98 Å². The van der Waals surface area contributed by atoms with Gasteiger partial charge in [0.2, 0.25) is 0 Å². The summed E-state index contributed by atoms with van der Waals surface area (Å²) in [5, 5.41) is 12.8. The first kappa shape index (κ1) is 12.0. The molecule has 0 unspecified atom stereocenters. The molecule has 4 nitrogen and oxygen atoms in total. The van der Waals surface area contributed by atoms with Crippen molar-refractivity contribution in [3.8, 4) is 6.07 Å². The molecule has 0 amide bonds. The Morgan fingerprint density at radius 3 is 2.55 bits per heavy atom. The maximum absolute atomic E-state index is 11.3. The van der Waals surface area contributed by atoms with Crippen molar-refractivity contribution in [2.24, 2.45) is 0 Å². The molecule has 20 heavy (non-hydrogen) atoms. The van der Waals surface area contributed by atoms with E-state index >= 15 is 0 Å². The molecular formula is C16H11N3O. The molecule has 2 N–H and O–H groups in total. The zero-order valence-electron chi connectivity index (χ0n) is 10.6. The number of para-hydroxylation sites is 1. The number of H-pyrrole nitrogens is 1. The van der Waals surface area contributed by atoms with Gasteiger partial charge >= 0.3 is 0 Å². The van der Waals surface area contributed by atoms with E-state index in [1.165, 1.54) is 0 Å². The molecule has 0 fully saturated rings.